The average Bonchev–Trinajstić information content (AvgIpc) is 3.15. The molecule has 5 rings (SSSR count). The Bertz CT molecular complexity index is 1280. The van der Waals surface area contributed by atoms with E-state index in [1.807, 2.05) is 12.1 Å². The number of non-ortho nitro benzene ring substituents is 1. The molecule has 0 saturated heterocycles. The first-order valence-corrected chi connectivity index (χ1v) is 12.8. The summed E-state index contributed by atoms with van der Waals surface area (Å²) in [6.07, 6.45) is 0.746. The number of anilines is 1. The minimum atomic E-state index is -0.405. The van der Waals surface area contributed by atoms with Crippen LogP contribution in [0.2, 0.25) is 0 Å². The summed E-state index contributed by atoms with van der Waals surface area (Å²) in [5.74, 6) is 0.141. The Labute approximate surface area is 213 Å². The predicted molar refractivity (Wildman–Crippen MR) is 137 cm³/mol. The topological polar surface area (TPSA) is 98.3 Å². The second-order valence-electron chi connectivity index (χ2n) is 8.45. The summed E-state index contributed by atoms with van der Waals surface area (Å²) in [5.41, 5.74) is 3.18. The molecule has 10 heteroatoms. The van der Waals surface area contributed by atoms with E-state index in [1.165, 1.54) is 30.0 Å². The molecule has 0 radical (unpaired) electrons. The summed E-state index contributed by atoms with van der Waals surface area (Å²) in [7, 11) is 0. The molecule has 0 bridgehead atoms. The van der Waals surface area contributed by atoms with E-state index in [2.05, 4.69) is 27.3 Å². The third-order valence-electron chi connectivity index (χ3n) is 6.58. The Morgan fingerprint density at radius 3 is 2.44 bits per heavy atom. The van der Waals surface area contributed by atoms with E-state index in [1.54, 1.807) is 30.3 Å². The zero-order chi connectivity index (χ0) is 24.0. The first kappa shape index (κ1) is 23.1. The van der Waals surface area contributed by atoms with Gasteiger partial charge in [-0.2, -0.15) is 0 Å². The van der Waals surface area contributed by atoms with Gasteiger partial charge in [0, 0.05) is 39.5 Å². The number of rotatable bonds is 5. The molecule has 2 aliphatic rings. The van der Waals surface area contributed by atoms with Crippen LogP contribution in [0.25, 0.3) is 0 Å². The summed E-state index contributed by atoms with van der Waals surface area (Å²) in [6.45, 7) is 0. The molecule has 0 amide bonds. The fraction of sp³-hybridized carbons (Fsp3) is 0.250. The SMILES string of the molecule is O=[N+]([O-])c1ccc([C@@H]2Nc3ccc(Br)cc3[C@@H]3[C@H](Cl)[C@@H](Sc4ccccc4[N+](=O)[O-])C[C@@H]32)cc1. The normalized spacial score (nSPS) is 25.2. The maximum atomic E-state index is 11.5. The highest BCUT2D eigenvalue weighted by atomic mass is 79.9. The van der Waals surface area contributed by atoms with Gasteiger partial charge in [-0.25, -0.2) is 0 Å². The molecule has 1 saturated carbocycles. The Morgan fingerprint density at radius 1 is 1.00 bits per heavy atom. The van der Waals surface area contributed by atoms with Crippen molar-refractivity contribution in [2.75, 3.05) is 5.32 Å². The van der Waals surface area contributed by atoms with Crippen LogP contribution in [0.5, 0.6) is 0 Å². The molecular formula is C24H19BrClN3O4S. The zero-order valence-corrected chi connectivity index (χ0v) is 20.8. The Balaban J connectivity index is 1.52. The smallest absolute Gasteiger partial charge is 0.282 e. The van der Waals surface area contributed by atoms with Crippen LogP contribution in [0.3, 0.4) is 0 Å². The number of thioether (sulfide) groups is 1. The third kappa shape index (κ3) is 4.16. The molecule has 0 unspecified atom stereocenters. The van der Waals surface area contributed by atoms with Gasteiger partial charge >= 0.3 is 0 Å². The van der Waals surface area contributed by atoms with Crippen LogP contribution in [-0.2, 0) is 0 Å². The lowest BCUT2D eigenvalue weighted by molar-refractivity contribution is -0.387. The molecule has 1 aliphatic heterocycles. The Hall–Kier alpha value is -2.62. The molecule has 5 atom stereocenters. The van der Waals surface area contributed by atoms with Crippen LogP contribution in [0.1, 0.15) is 29.5 Å². The zero-order valence-electron chi connectivity index (χ0n) is 17.6. The van der Waals surface area contributed by atoms with E-state index < -0.39 is 4.92 Å². The van der Waals surface area contributed by atoms with Crippen molar-refractivity contribution in [2.24, 2.45) is 5.92 Å². The molecule has 0 aromatic heterocycles. The van der Waals surface area contributed by atoms with Gasteiger partial charge in [-0.05, 0) is 47.7 Å². The van der Waals surface area contributed by atoms with Crippen molar-refractivity contribution >= 4 is 56.4 Å². The summed E-state index contributed by atoms with van der Waals surface area (Å²) in [5, 5.41) is 26.0. The second-order valence-corrected chi connectivity index (χ2v) is 11.2. The fourth-order valence-electron chi connectivity index (χ4n) is 5.09. The first-order valence-electron chi connectivity index (χ1n) is 10.7. The molecule has 3 aromatic carbocycles. The maximum absolute atomic E-state index is 11.5. The highest BCUT2D eigenvalue weighted by Gasteiger charge is 2.50. The van der Waals surface area contributed by atoms with Crippen LogP contribution in [0, 0.1) is 26.1 Å². The summed E-state index contributed by atoms with van der Waals surface area (Å²) < 4.78 is 0.958. The number of nitro groups is 2. The number of halogens is 2. The van der Waals surface area contributed by atoms with E-state index in [4.69, 9.17) is 11.6 Å². The van der Waals surface area contributed by atoms with Gasteiger partial charge in [-0.15, -0.1) is 23.4 Å². The van der Waals surface area contributed by atoms with E-state index in [9.17, 15) is 20.2 Å². The molecule has 1 heterocycles. The first-order chi connectivity index (χ1) is 16.3. The molecule has 7 nitrogen and oxygen atoms in total. The quantitative estimate of drug-likeness (QED) is 0.200. The number of fused-ring (bicyclic) bond motifs is 3. The van der Waals surface area contributed by atoms with Gasteiger partial charge in [0.05, 0.1) is 26.2 Å². The number of alkyl halides is 1. The number of para-hydroxylation sites is 1. The molecule has 174 valence electrons. The minimum absolute atomic E-state index is 0.0240. The standard InChI is InChI=1S/C24H19BrClN3O4S/c25-14-7-10-18-16(11-14)22-17(24(27-18)13-5-8-15(9-6-13)28(30)31)12-21(23(22)26)34-20-4-2-1-3-19(20)29(32)33/h1-11,17,21-24,27H,12H2/t17-,21-,22-,23+,24-/m0/s1. The molecule has 1 aliphatic carbocycles. The van der Waals surface area contributed by atoms with Crippen molar-refractivity contribution < 1.29 is 9.85 Å². The lowest BCUT2D eigenvalue weighted by Gasteiger charge is -2.38. The van der Waals surface area contributed by atoms with Gasteiger partial charge in [0.2, 0.25) is 0 Å². The van der Waals surface area contributed by atoms with Crippen LogP contribution in [-0.4, -0.2) is 20.5 Å². The van der Waals surface area contributed by atoms with Gasteiger partial charge in [0.1, 0.15) is 0 Å². The van der Waals surface area contributed by atoms with E-state index >= 15 is 0 Å². The lowest BCUT2D eigenvalue weighted by atomic mass is 9.77. The number of nitrogens with one attached hydrogen (secondary N) is 1. The van der Waals surface area contributed by atoms with Crippen molar-refractivity contribution in [1.82, 2.24) is 0 Å². The monoisotopic (exact) mass is 559 g/mol. The fourth-order valence-corrected chi connectivity index (χ4v) is 7.41. The Morgan fingerprint density at radius 2 is 1.74 bits per heavy atom. The molecule has 1 N–H and O–H groups in total. The molecular weight excluding hydrogens is 542 g/mol. The van der Waals surface area contributed by atoms with Crippen molar-refractivity contribution in [1.29, 1.82) is 0 Å². The van der Waals surface area contributed by atoms with Crippen LogP contribution in [0.15, 0.2) is 76.1 Å². The lowest BCUT2D eigenvalue weighted by Crippen LogP contribution is -2.31. The Kier molecular flexibility index (Phi) is 6.26. The van der Waals surface area contributed by atoms with E-state index in [-0.39, 0.29) is 44.8 Å². The van der Waals surface area contributed by atoms with Crippen molar-refractivity contribution in [2.45, 2.75) is 33.9 Å². The van der Waals surface area contributed by atoms with Crippen molar-refractivity contribution in [3.05, 3.63) is 103 Å². The minimum Gasteiger partial charge on any atom is -0.378 e. The molecule has 34 heavy (non-hydrogen) atoms. The summed E-state index contributed by atoms with van der Waals surface area (Å²) in [6, 6.07) is 19.4. The number of nitro benzene ring substituents is 2. The number of nitrogens with zero attached hydrogens (tertiary/aromatic N) is 2. The highest BCUT2D eigenvalue weighted by Crippen LogP contribution is 2.58. The number of hydrogen-bond acceptors (Lipinski definition) is 6. The van der Waals surface area contributed by atoms with Crippen molar-refractivity contribution in [3.8, 4) is 0 Å². The molecule has 3 aromatic rings. The largest absolute Gasteiger partial charge is 0.378 e. The van der Waals surface area contributed by atoms with Crippen LogP contribution < -0.4 is 5.32 Å². The van der Waals surface area contributed by atoms with E-state index in [0.717, 1.165) is 27.7 Å². The van der Waals surface area contributed by atoms with Crippen molar-refractivity contribution in [3.63, 3.8) is 0 Å². The number of hydrogen-bond donors (Lipinski definition) is 1. The van der Waals surface area contributed by atoms with Gasteiger partial charge in [0.15, 0.2) is 0 Å². The van der Waals surface area contributed by atoms with Gasteiger partial charge in [-0.1, -0.05) is 40.2 Å². The molecule has 0 spiro atoms. The van der Waals surface area contributed by atoms with E-state index in [0.29, 0.717) is 4.90 Å². The van der Waals surface area contributed by atoms with Gasteiger partial charge in [-0.3, -0.25) is 20.2 Å². The maximum Gasteiger partial charge on any atom is 0.282 e. The molecule has 1 fully saturated rings. The highest BCUT2D eigenvalue weighted by molar-refractivity contribution is 9.10. The van der Waals surface area contributed by atoms with Crippen LogP contribution in [0.4, 0.5) is 17.1 Å². The third-order valence-corrected chi connectivity index (χ3v) is 9.19. The second kappa shape index (κ2) is 9.20. The number of benzene rings is 3. The predicted octanol–water partition coefficient (Wildman–Crippen LogP) is 7.30. The van der Waals surface area contributed by atoms with Gasteiger partial charge in [0.25, 0.3) is 11.4 Å². The van der Waals surface area contributed by atoms with Gasteiger partial charge < -0.3 is 5.32 Å². The average molecular weight is 561 g/mol. The van der Waals surface area contributed by atoms with Crippen LogP contribution >= 0.6 is 39.3 Å². The summed E-state index contributed by atoms with van der Waals surface area (Å²) in [4.78, 5) is 22.5. The summed E-state index contributed by atoms with van der Waals surface area (Å²) >= 11 is 12.1.